The second-order valence-electron chi connectivity index (χ2n) is 6.22. The summed E-state index contributed by atoms with van der Waals surface area (Å²) in [5, 5.41) is 3.42. The third kappa shape index (κ3) is 6.10. The molecule has 1 N–H and O–H groups in total. The monoisotopic (exact) mass is 416 g/mol. The van der Waals surface area contributed by atoms with E-state index in [1.807, 2.05) is 24.4 Å². The van der Waals surface area contributed by atoms with Crippen LogP contribution in [0.5, 0.6) is 0 Å². The lowest BCUT2D eigenvalue weighted by Crippen LogP contribution is -2.40. The van der Waals surface area contributed by atoms with Gasteiger partial charge in [0.2, 0.25) is 0 Å². The number of rotatable bonds is 5. The molecule has 1 aromatic heterocycles. The van der Waals surface area contributed by atoms with Gasteiger partial charge in [-0.3, -0.25) is 4.98 Å². The number of hydrogen-bond donors (Lipinski definition) is 1. The number of nitrogens with zero attached hydrogens (tertiary/aromatic N) is 3. The average molecular weight is 416 g/mol. The van der Waals surface area contributed by atoms with Crippen molar-refractivity contribution in [3.8, 4) is 0 Å². The molecule has 1 aromatic rings. The molecule has 1 aliphatic rings. The fourth-order valence-electron chi connectivity index (χ4n) is 2.96. The molecule has 0 spiro atoms. The van der Waals surface area contributed by atoms with Crippen molar-refractivity contribution in [1.29, 1.82) is 0 Å². The minimum atomic E-state index is 0. The van der Waals surface area contributed by atoms with E-state index in [9.17, 15) is 0 Å². The predicted molar refractivity (Wildman–Crippen MR) is 104 cm³/mol. The number of aliphatic imine (C=N–C) groups is 1. The molecule has 1 saturated heterocycles. The van der Waals surface area contributed by atoms with Gasteiger partial charge in [-0.25, -0.2) is 4.99 Å². The van der Waals surface area contributed by atoms with E-state index in [0.717, 1.165) is 43.1 Å². The van der Waals surface area contributed by atoms with Crippen molar-refractivity contribution in [2.75, 3.05) is 19.6 Å². The van der Waals surface area contributed by atoms with Gasteiger partial charge in [-0.2, -0.15) is 0 Å². The third-order valence-corrected chi connectivity index (χ3v) is 3.84. The molecule has 1 fully saturated rings. The highest BCUT2D eigenvalue weighted by Gasteiger charge is 2.25. The maximum Gasteiger partial charge on any atom is 0.194 e. The largest absolute Gasteiger partial charge is 0.357 e. The predicted octanol–water partition coefficient (Wildman–Crippen LogP) is 3.53. The van der Waals surface area contributed by atoms with Crippen LogP contribution in [0, 0.1) is 11.8 Å². The Labute approximate surface area is 151 Å². The van der Waals surface area contributed by atoms with Crippen LogP contribution in [0.15, 0.2) is 29.4 Å². The van der Waals surface area contributed by atoms with Crippen LogP contribution in [0.25, 0.3) is 0 Å². The number of likely N-dealkylation sites (tertiary alicyclic amines) is 1. The molecule has 2 rings (SSSR count). The minimum absolute atomic E-state index is 0. The van der Waals surface area contributed by atoms with Crippen LogP contribution in [-0.2, 0) is 6.54 Å². The van der Waals surface area contributed by atoms with Gasteiger partial charge in [0.1, 0.15) is 0 Å². The SMILES string of the molecule is CCNC(=NCc1ccccn1)N1CCC(CC(C)C)C1.I. The molecule has 2 heterocycles. The minimum Gasteiger partial charge on any atom is -0.357 e. The first-order valence-corrected chi connectivity index (χ1v) is 8.12. The molecule has 0 saturated carbocycles. The normalized spacial score (nSPS) is 18.5. The van der Waals surface area contributed by atoms with Crippen LogP contribution < -0.4 is 5.32 Å². The fraction of sp³-hybridized carbons (Fsp3) is 0.647. The summed E-state index contributed by atoms with van der Waals surface area (Å²) in [4.78, 5) is 11.5. The van der Waals surface area contributed by atoms with Crippen molar-refractivity contribution in [1.82, 2.24) is 15.2 Å². The zero-order valence-electron chi connectivity index (χ0n) is 14.0. The van der Waals surface area contributed by atoms with Gasteiger partial charge >= 0.3 is 0 Å². The molecular weight excluding hydrogens is 387 g/mol. The van der Waals surface area contributed by atoms with E-state index in [2.05, 4.69) is 36.0 Å². The van der Waals surface area contributed by atoms with Gasteiger partial charge in [0, 0.05) is 25.8 Å². The molecule has 0 aliphatic carbocycles. The number of aromatic nitrogens is 1. The Morgan fingerprint density at radius 3 is 2.91 bits per heavy atom. The summed E-state index contributed by atoms with van der Waals surface area (Å²) >= 11 is 0. The van der Waals surface area contributed by atoms with E-state index < -0.39 is 0 Å². The van der Waals surface area contributed by atoms with Crippen LogP contribution in [0.3, 0.4) is 0 Å². The Morgan fingerprint density at radius 1 is 1.45 bits per heavy atom. The van der Waals surface area contributed by atoms with Crippen molar-refractivity contribution in [3.63, 3.8) is 0 Å². The molecule has 0 aromatic carbocycles. The highest BCUT2D eigenvalue weighted by molar-refractivity contribution is 14.0. The quantitative estimate of drug-likeness (QED) is 0.454. The van der Waals surface area contributed by atoms with Gasteiger partial charge in [0.25, 0.3) is 0 Å². The number of hydrogen-bond acceptors (Lipinski definition) is 2. The molecule has 1 unspecified atom stereocenters. The van der Waals surface area contributed by atoms with E-state index in [1.165, 1.54) is 12.8 Å². The summed E-state index contributed by atoms with van der Waals surface area (Å²) < 4.78 is 0. The van der Waals surface area contributed by atoms with Gasteiger partial charge in [-0.05, 0) is 43.7 Å². The van der Waals surface area contributed by atoms with Crippen LogP contribution >= 0.6 is 24.0 Å². The third-order valence-electron chi connectivity index (χ3n) is 3.84. The van der Waals surface area contributed by atoms with E-state index >= 15 is 0 Å². The molecule has 0 amide bonds. The van der Waals surface area contributed by atoms with Crippen molar-refractivity contribution in [2.45, 2.75) is 40.2 Å². The van der Waals surface area contributed by atoms with Gasteiger partial charge in [-0.1, -0.05) is 19.9 Å². The molecule has 5 heteroatoms. The molecule has 4 nitrogen and oxygen atoms in total. The first-order valence-electron chi connectivity index (χ1n) is 8.12. The Bertz CT molecular complexity index is 447. The highest BCUT2D eigenvalue weighted by Crippen LogP contribution is 2.23. The van der Waals surface area contributed by atoms with Crippen LogP contribution in [0.4, 0.5) is 0 Å². The van der Waals surface area contributed by atoms with Crippen molar-refractivity contribution in [2.24, 2.45) is 16.8 Å². The summed E-state index contributed by atoms with van der Waals surface area (Å²) in [6.07, 6.45) is 4.43. The first-order chi connectivity index (χ1) is 10.2. The van der Waals surface area contributed by atoms with E-state index in [1.54, 1.807) is 0 Å². The fourth-order valence-corrected chi connectivity index (χ4v) is 2.96. The lowest BCUT2D eigenvalue weighted by Gasteiger charge is -2.22. The molecule has 22 heavy (non-hydrogen) atoms. The standard InChI is InChI=1S/C17H28N4.HI/c1-4-18-17(20-12-16-7-5-6-9-19-16)21-10-8-15(13-21)11-14(2)3;/h5-7,9,14-15H,4,8,10-13H2,1-3H3,(H,18,20);1H. The summed E-state index contributed by atoms with van der Waals surface area (Å²) in [6.45, 7) is 10.5. The average Bonchev–Trinajstić information content (AvgIpc) is 2.92. The summed E-state index contributed by atoms with van der Waals surface area (Å²) in [7, 11) is 0. The molecule has 0 radical (unpaired) electrons. The van der Waals surface area contributed by atoms with Gasteiger partial charge < -0.3 is 10.2 Å². The second kappa shape index (κ2) is 10.0. The van der Waals surface area contributed by atoms with Gasteiger partial charge in [0.05, 0.1) is 12.2 Å². The van der Waals surface area contributed by atoms with Gasteiger partial charge in [-0.15, -0.1) is 24.0 Å². The van der Waals surface area contributed by atoms with Crippen LogP contribution in [0.2, 0.25) is 0 Å². The summed E-state index contributed by atoms with van der Waals surface area (Å²) in [5.41, 5.74) is 1.02. The Hall–Kier alpha value is -0.850. The second-order valence-corrected chi connectivity index (χ2v) is 6.22. The van der Waals surface area contributed by atoms with Gasteiger partial charge in [0.15, 0.2) is 5.96 Å². The smallest absolute Gasteiger partial charge is 0.194 e. The van der Waals surface area contributed by atoms with E-state index in [4.69, 9.17) is 4.99 Å². The lowest BCUT2D eigenvalue weighted by molar-refractivity contribution is 0.403. The van der Waals surface area contributed by atoms with Crippen LogP contribution in [0.1, 0.15) is 39.3 Å². The Kier molecular flexibility index (Phi) is 8.75. The summed E-state index contributed by atoms with van der Waals surface area (Å²) in [5.74, 6) is 2.63. The number of pyridine rings is 1. The Balaban J connectivity index is 0.00000242. The molecule has 124 valence electrons. The van der Waals surface area contributed by atoms with Crippen molar-refractivity contribution in [3.05, 3.63) is 30.1 Å². The zero-order valence-corrected chi connectivity index (χ0v) is 16.3. The molecule has 0 bridgehead atoms. The highest BCUT2D eigenvalue weighted by atomic mass is 127. The molecule has 1 aliphatic heterocycles. The maximum absolute atomic E-state index is 4.75. The Morgan fingerprint density at radius 2 is 2.27 bits per heavy atom. The zero-order chi connectivity index (χ0) is 15.1. The van der Waals surface area contributed by atoms with Crippen LogP contribution in [-0.4, -0.2) is 35.5 Å². The van der Waals surface area contributed by atoms with Crippen molar-refractivity contribution < 1.29 is 0 Å². The number of nitrogens with one attached hydrogen (secondary N) is 1. The lowest BCUT2D eigenvalue weighted by atomic mass is 9.97. The topological polar surface area (TPSA) is 40.5 Å². The van der Waals surface area contributed by atoms with E-state index in [0.29, 0.717) is 6.54 Å². The summed E-state index contributed by atoms with van der Waals surface area (Å²) in [6, 6.07) is 5.98. The van der Waals surface area contributed by atoms with E-state index in [-0.39, 0.29) is 24.0 Å². The number of guanidine groups is 1. The first kappa shape index (κ1) is 19.2. The molecule has 1 atom stereocenters. The molecular formula is C17H29IN4. The maximum atomic E-state index is 4.75. The van der Waals surface area contributed by atoms with Crippen molar-refractivity contribution >= 4 is 29.9 Å². The number of halogens is 1.